The van der Waals surface area contributed by atoms with Crippen LogP contribution in [0.3, 0.4) is 0 Å². The van der Waals surface area contributed by atoms with Crippen LogP contribution in [-0.4, -0.2) is 48.0 Å². The van der Waals surface area contributed by atoms with Crippen molar-refractivity contribution < 1.29 is 13.6 Å². The van der Waals surface area contributed by atoms with Gasteiger partial charge in [-0.2, -0.15) is 0 Å². The summed E-state index contributed by atoms with van der Waals surface area (Å²) in [5, 5.41) is 2.80. The van der Waals surface area contributed by atoms with Crippen LogP contribution in [0.4, 0.5) is 10.1 Å². The summed E-state index contributed by atoms with van der Waals surface area (Å²) in [7, 11) is 0. The summed E-state index contributed by atoms with van der Waals surface area (Å²) in [6.45, 7) is 7.80. The van der Waals surface area contributed by atoms with Gasteiger partial charge in [0.25, 0.3) is 5.91 Å². The summed E-state index contributed by atoms with van der Waals surface area (Å²) in [6, 6.07) is 6.64. The van der Waals surface area contributed by atoms with Gasteiger partial charge in [0, 0.05) is 37.9 Å². The molecule has 7 heteroatoms. The van der Waals surface area contributed by atoms with Crippen molar-refractivity contribution in [3.63, 3.8) is 0 Å². The van der Waals surface area contributed by atoms with Gasteiger partial charge >= 0.3 is 0 Å². The van der Waals surface area contributed by atoms with E-state index in [1.165, 1.54) is 18.4 Å². The lowest BCUT2D eigenvalue weighted by Gasteiger charge is -2.35. The Labute approximate surface area is 146 Å². The highest BCUT2D eigenvalue weighted by atomic mass is 19.1. The fourth-order valence-corrected chi connectivity index (χ4v) is 2.83. The van der Waals surface area contributed by atoms with E-state index in [2.05, 4.69) is 20.1 Å². The number of carbonyl (C=O) groups is 1. The molecule has 0 spiro atoms. The molecular formula is C18H23FN4O2. The molecule has 1 amide bonds. The summed E-state index contributed by atoms with van der Waals surface area (Å²) in [6.07, 6.45) is 1.40. The number of nitrogens with zero attached hydrogens (tertiary/aromatic N) is 3. The number of carbonyl (C=O) groups excluding carboxylic acids is 1. The Hall–Kier alpha value is -2.41. The van der Waals surface area contributed by atoms with E-state index in [4.69, 9.17) is 4.42 Å². The van der Waals surface area contributed by atoms with Gasteiger partial charge in [0.15, 0.2) is 5.69 Å². The summed E-state index contributed by atoms with van der Waals surface area (Å²) >= 11 is 0. The van der Waals surface area contributed by atoms with Crippen LogP contribution in [0.25, 0.3) is 0 Å². The molecule has 0 bridgehead atoms. The molecule has 1 aromatic carbocycles. The highest BCUT2D eigenvalue weighted by Crippen LogP contribution is 2.17. The molecule has 1 aliphatic rings. The van der Waals surface area contributed by atoms with E-state index in [-0.39, 0.29) is 17.8 Å². The van der Waals surface area contributed by atoms with Gasteiger partial charge < -0.3 is 14.6 Å². The predicted molar refractivity (Wildman–Crippen MR) is 93.0 cm³/mol. The predicted octanol–water partition coefficient (Wildman–Crippen LogP) is 2.27. The van der Waals surface area contributed by atoms with Crippen LogP contribution in [0.5, 0.6) is 0 Å². The van der Waals surface area contributed by atoms with Crippen LogP contribution in [-0.2, 0) is 6.54 Å². The van der Waals surface area contributed by atoms with Crippen LogP contribution in [0.1, 0.15) is 30.2 Å². The van der Waals surface area contributed by atoms with Gasteiger partial charge in [-0.3, -0.25) is 9.69 Å². The molecule has 134 valence electrons. The molecule has 2 aromatic rings. The minimum Gasteiger partial charge on any atom is -0.447 e. The molecule has 1 saturated heterocycles. The van der Waals surface area contributed by atoms with E-state index in [0.29, 0.717) is 18.1 Å². The van der Waals surface area contributed by atoms with Crippen molar-refractivity contribution in [2.75, 3.05) is 31.1 Å². The molecule has 1 aliphatic heterocycles. The van der Waals surface area contributed by atoms with Crippen molar-refractivity contribution in [3.8, 4) is 0 Å². The standard InChI is InChI=1S/C18H23FN4O2/c1-13(2)20-18(24)16-12-25-17(21-16)11-22-7-9-23(10-8-22)15-5-3-14(19)4-6-15/h3-6,12-13H,7-11H2,1-2H3,(H,20,24). The number of hydrogen-bond acceptors (Lipinski definition) is 5. The minimum atomic E-state index is -0.219. The van der Waals surface area contributed by atoms with Crippen molar-refractivity contribution in [2.45, 2.75) is 26.4 Å². The van der Waals surface area contributed by atoms with E-state index >= 15 is 0 Å². The summed E-state index contributed by atoms with van der Waals surface area (Å²) in [4.78, 5) is 20.6. The molecule has 2 heterocycles. The monoisotopic (exact) mass is 346 g/mol. The summed E-state index contributed by atoms with van der Waals surface area (Å²) in [5.74, 6) is 0.110. The fraction of sp³-hybridized carbons (Fsp3) is 0.444. The van der Waals surface area contributed by atoms with Crippen LogP contribution in [0.2, 0.25) is 0 Å². The number of hydrogen-bond donors (Lipinski definition) is 1. The fourth-order valence-electron chi connectivity index (χ4n) is 2.83. The number of oxazole rings is 1. The first-order valence-electron chi connectivity index (χ1n) is 8.49. The third kappa shape index (κ3) is 4.57. The number of aromatic nitrogens is 1. The van der Waals surface area contributed by atoms with Crippen molar-refractivity contribution in [3.05, 3.63) is 47.9 Å². The smallest absolute Gasteiger partial charge is 0.273 e. The van der Waals surface area contributed by atoms with Gasteiger partial charge in [-0.25, -0.2) is 9.37 Å². The number of amides is 1. The SMILES string of the molecule is CC(C)NC(=O)c1coc(CN2CCN(c3ccc(F)cc3)CC2)n1. The second-order valence-corrected chi connectivity index (χ2v) is 6.49. The maximum absolute atomic E-state index is 13.0. The van der Waals surface area contributed by atoms with Crippen molar-refractivity contribution in [2.24, 2.45) is 0 Å². The number of piperazine rings is 1. The van der Waals surface area contributed by atoms with E-state index in [1.807, 2.05) is 13.8 Å². The molecule has 6 nitrogen and oxygen atoms in total. The van der Waals surface area contributed by atoms with E-state index < -0.39 is 0 Å². The zero-order chi connectivity index (χ0) is 17.8. The number of halogens is 1. The third-order valence-electron chi connectivity index (χ3n) is 4.13. The van der Waals surface area contributed by atoms with Crippen LogP contribution in [0.15, 0.2) is 34.9 Å². The maximum Gasteiger partial charge on any atom is 0.273 e. The number of benzene rings is 1. The summed E-state index contributed by atoms with van der Waals surface area (Å²) < 4.78 is 18.4. The second kappa shape index (κ2) is 7.65. The van der Waals surface area contributed by atoms with E-state index in [9.17, 15) is 9.18 Å². The Kier molecular flexibility index (Phi) is 5.33. The van der Waals surface area contributed by atoms with Crippen LogP contribution in [0, 0.1) is 5.82 Å². The molecule has 0 aliphatic carbocycles. The molecule has 0 unspecified atom stereocenters. The number of rotatable bonds is 5. The molecule has 0 saturated carbocycles. The third-order valence-corrected chi connectivity index (χ3v) is 4.13. The van der Waals surface area contributed by atoms with Crippen LogP contribution < -0.4 is 10.2 Å². The first-order valence-corrected chi connectivity index (χ1v) is 8.49. The average Bonchev–Trinajstić information content (AvgIpc) is 3.04. The minimum absolute atomic E-state index is 0.0622. The Balaban J connectivity index is 1.51. The van der Waals surface area contributed by atoms with E-state index in [0.717, 1.165) is 31.9 Å². The second-order valence-electron chi connectivity index (χ2n) is 6.49. The van der Waals surface area contributed by atoms with Gasteiger partial charge in [0.2, 0.25) is 5.89 Å². The molecule has 25 heavy (non-hydrogen) atoms. The lowest BCUT2D eigenvalue weighted by atomic mass is 10.2. The summed E-state index contributed by atoms with van der Waals surface area (Å²) in [5.41, 5.74) is 1.35. The van der Waals surface area contributed by atoms with Crippen molar-refractivity contribution in [1.29, 1.82) is 0 Å². The zero-order valence-electron chi connectivity index (χ0n) is 14.5. The molecule has 0 radical (unpaired) electrons. The Bertz CT molecular complexity index is 706. The van der Waals surface area contributed by atoms with Gasteiger partial charge in [-0.15, -0.1) is 0 Å². The lowest BCUT2D eigenvalue weighted by Crippen LogP contribution is -2.46. The topological polar surface area (TPSA) is 61.6 Å². The lowest BCUT2D eigenvalue weighted by molar-refractivity contribution is 0.0938. The van der Waals surface area contributed by atoms with E-state index in [1.54, 1.807) is 12.1 Å². The van der Waals surface area contributed by atoms with Gasteiger partial charge in [0.1, 0.15) is 12.1 Å². The molecule has 3 rings (SSSR count). The quantitative estimate of drug-likeness (QED) is 0.900. The normalized spacial score (nSPS) is 15.6. The van der Waals surface area contributed by atoms with Crippen molar-refractivity contribution in [1.82, 2.24) is 15.2 Å². The molecule has 1 N–H and O–H groups in total. The molecule has 0 atom stereocenters. The molecular weight excluding hydrogens is 323 g/mol. The largest absolute Gasteiger partial charge is 0.447 e. The Morgan fingerprint density at radius 1 is 1.24 bits per heavy atom. The maximum atomic E-state index is 13.0. The first-order chi connectivity index (χ1) is 12.0. The first kappa shape index (κ1) is 17.4. The highest BCUT2D eigenvalue weighted by Gasteiger charge is 2.20. The Morgan fingerprint density at radius 3 is 2.56 bits per heavy atom. The average molecular weight is 346 g/mol. The number of nitrogens with one attached hydrogen (secondary N) is 1. The highest BCUT2D eigenvalue weighted by molar-refractivity contribution is 5.92. The van der Waals surface area contributed by atoms with Gasteiger partial charge in [-0.05, 0) is 38.1 Å². The Morgan fingerprint density at radius 2 is 1.92 bits per heavy atom. The van der Waals surface area contributed by atoms with Gasteiger partial charge in [0.05, 0.1) is 6.54 Å². The van der Waals surface area contributed by atoms with Gasteiger partial charge in [-0.1, -0.05) is 0 Å². The van der Waals surface area contributed by atoms with Crippen LogP contribution >= 0.6 is 0 Å². The molecule has 1 aromatic heterocycles. The number of anilines is 1. The zero-order valence-corrected chi connectivity index (χ0v) is 14.5. The molecule has 1 fully saturated rings. The van der Waals surface area contributed by atoms with Crippen molar-refractivity contribution >= 4 is 11.6 Å².